The van der Waals surface area contributed by atoms with Crippen molar-refractivity contribution in [3.05, 3.63) is 46.8 Å². The van der Waals surface area contributed by atoms with Crippen molar-refractivity contribution >= 4 is 11.7 Å². The van der Waals surface area contributed by atoms with Gasteiger partial charge in [-0.15, -0.1) is 0 Å². The quantitative estimate of drug-likeness (QED) is 0.753. The first-order valence-electron chi connectivity index (χ1n) is 9.03. The van der Waals surface area contributed by atoms with E-state index in [2.05, 4.69) is 15.5 Å². The lowest BCUT2D eigenvalue weighted by molar-refractivity contribution is -0.137. The fourth-order valence-corrected chi connectivity index (χ4v) is 3.64. The Hall–Kier alpha value is -2.51. The largest absolute Gasteiger partial charge is 0.416 e. The summed E-state index contributed by atoms with van der Waals surface area (Å²) in [7, 11) is 0. The van der Waals surface area contributed by atoms with Gasteiger partial charge in [0.05, 0.1) is 17.3 Å². The number of carbonyl (C=O) groups excluding carboxylic acids is 1. The topological polar surface area (TPSA) is 61.0 Å². The molecule has 3 rings (SSSR count). The number of H-pyrrole nitrogens is 1. The van der Waals surface area contributed by atoms with Gasteiger partial charge in [-0.1, -0.05) is 12.8 Å². The molecule has 2 amide bonds. The molecule has 5 nitrogen and oxygen atoms in total. The Labute approximate surface area is 155 Å². The highest BCUT2D eigenvalue weighted by Gasteiger charge is 2.31. The summed E-state index contributed by atoms with van der Waals surface area (Å²) in [5, 5.41) is 9.95. The summed E-state index contributed by atoms with van der Waals surface area (Å²) in [5.41, 5.74) is 2.44. The van der Waals surface area contributed by atoms with Gasteiger partial charge in [0.2, 0.25) is 0 Å². The lowest BCUT2D eigenvalue weighted by Gasteiger charge is -2.30. The molecule has 0 bridgehead atoms. The number of likely N-dealkylation sites (tertiary alicyclic amines) is 1. The SMILES string of the molecule is Cc1n[nH]c(C)c1[C@H]1CCCCCN1C(=O)Nc1ccc(C(F)(F)F)cc1. The number of anilines is 1. The summed E-state index contributed by atoms with van der Waals surface area (Å²) in [6.45, 7) is 4.45. The van der Waals surface area contributed by atoms with Gasteiger partial charge in [0.15, 0.2) is 0 Å². The number of benzene rings is 1. The molecule has 1 atom stereocenters. The second-order valence-corrected chi connectivity index (χ2v) is 6.91. The van der Waals surface area contributed by atoms with E-state index in [-0.39, 0.29) is 12.1 Å². The Balaban J connectivity index is 1.80. The normalized spacial score (nSPS) is 18.3. The van der Waals surface area contributed by atoms with E-state index in [9.17, 15) is 18.0 Å². The molecule has 0 radical (unpaired) electrons. The number of aromatic nitrogens is 2. The van der Waals surface area contributed by atoms with Gasteiger partial charge in [0.25, 0.3) is 0 Å². The molecule has 0 spiro atoms. The first-order chi connectivity index (χ1) is 12.8. The zero-order valence-corrected chi connectivity index (χ0v) is 15.4. The van der Waals surface area contributed by atoms with Crippen molar-refractivity contribution in [2.24, 2.45) is 0 Å². The maximum Gasteiger partial charge on any atom is 0.416 e. The molecule has 2 N–H and O–H groups in total. The van der Waals surface area contributed by atoms with Crippen LogP contribution in [-0.2, 0) is 6.18 Å². The highest BCUT2D eigenvalue weighted by atomic mass is 19.4. The second kappa shape index (κ2) is 7.62. The molecular formula is C19H23F3N4O. The molecule has 1 aliphatic heterocycles. The van der Waals surface area contributed by atoms with E-state index in [1.54, 1.807) is 4.90 Å². The number of hydrogen-bond donors (Lipinski definition) is 2. The van der Waals surface area contributed by atoms with E-state index >= 15 is 0 Å². The molecule has 0 saturated carbocycles. The molecule has 1 aromatic heterocycles. The summed E-state index contributed by atoms with van der Waals surface area (Å²) in [6, 6.07) is 4.10. The molecule has 2 heterocycles. The average molecular weight is 380 g/mol. The summed E-state index contributed by atoms with van der Waals surface area (Å²) >= 11 is 0. The van der Waals surface area contributed by atoms with Crippen LogP contribution in [0.2, 0.25) is 0 Å². The van der Waals surface area contributed by atoms with Gasteiger partial charge >= 0.3 is 12.2 Å². The van der Waals surface area contributed by atoms with Crippen LogP contribution in [0.5, 0.6) is 0 Å². The summed E-state index contributed by atoms with van der Waals surface area (Å²) in [5.74, 6) is 0. The van der Waals surface area contributed by atoms with Crippen LogP contribution >= 0.6 is 0 Å². The van der Waals surface area contributed by atoms with Gasteiger partial charge in [-0.05, 0) is 51.0 Å². The van der Waals surface area contributed by atoms with Crippen LogP contribution in [0.15, 0.2) is 24.3 Å². The minimum absolute atomic E-state index is 0.0966. The van der Waals surface area contributed by atoms with E-state index < -0.39 is 11.7 Å². The van der Waals surface area contributed by atoms with Gasteiger partial charge in [0.1, 0.15) is 0 Å². The molecule has 1 fully saturated rings. The van der Waals surface area contributed by atoms with Gasteiger partial charge < -0.3 is 10.2 Å². The van der Waals surface area contributed by atoms with Crippen molar-refractivity contribution in [3.8, 4) is 0 Å². The van der Waals surface area contributed by atoms with Crippen molar-refractivity contribution in [1.82, 2.24) is 15.1 Å². The smallest absolute Gasteiger partial charge is 0.317 e. The van der Waals surface area contributed by atoms with E-state index in [1.165, 1.54) is 12.1 Å². The Morgan fingerprint density at radius 2 is 1.89 bits per heavy atom. The van der Waals surface area contributed by atoms with E-state index in [0.717, 1.165) is 54.8 Å². The molecule has 1 aromatic carbocycles. The number of rotatable bonds is 2. The number of amides is 2. The number of aromatic amines is 1. The molecular weight excluding hydrogens is 357 g/mol. The van der Waals surface area contributed by atoms with E-state index in [1.807, 2.05) is 13.8 Å². The maximum atomic E-state index is 12.9. The van der Waals surface area contributed by atoms with Crippen molar-refractivity contribution in [1.29, 1.82) is 0 Å². The number of nitrogens with one attached hydrogen (secondary N) is 2. The Bertz CT molecular complexity index is 779. The fourth-order valence-electron chi connectivity index (χ4n) is 3.64. The zero-order chi connectivity index (χ0) is 19.6. The van der Waals surface area contributed by atoms with Crippen LogP contribution in [-0.4, -0.2) is 27.7 Å². The number of nitrogens with zero attached hydrogens (tertiary/aromatic N) is 2. The van der Waals surface area contributed by atoms with Crippen molar-refractivity contribution in [2.45, 2.75) is 51.7 Å². The third kappa shape index (κ3) is 4.26. The van der Waals surface area contributed by atoms with Crippen LogP contribution in [0.1, 0.15) is 54.2 Å². The highest BCUT2D eigenvalue weighted by Crippen LogP contribution is 2.34. The number of halogens is 3. The molecule has 1 aliphatic rings. The van der Waals surface area contributed by atoms with Crippen LogP contribution in [0.3, 0.4) is 0 Å². The molecule has 27 heavy (non-hydrogen) atoms. The molecule has 0 aliphatic carbocycles. The highest BCUT2D eigenvalue weighted by molar-refractivity contribution is 5.89. The van der Waals surface area contributed by atoms with Crippen LogP contribution in [0.25, 0.3) is 0 Å². The Morgan fingerprint density at radius 1 is 1.19 bits per heavy atom. The second-order valence-electron chi connectivity index (χ2n) is 6.91. The van der Waals surface area contributed by atoms with E-state index in [0.29, 0.717) is 12.2 Å². The third-order valence-electron chi connectivity index (χ3n) is 5.00. The van der Waals surface area contributed by atoms with Gasteiger partial charge in [-0.3, -0.25) is 5.10 Å². The molecule has 2 aromatic rings. The predicted molar refractivity (Wildman–Crippen MR) is 96.4 cm³/mol. The fraction of sp³-hybridized carbons (Fsp3) is 0.474. The van der Waals surface area contributed by atoms with Gasteiger partial charge in [-0.25, -0.2) is 4.79 Å². The van der Waals surface area contributed by atoms with Gasteiger partial charge in [0, 0.05) is 23.5 Å². The van der Waals surface area contributed by atoms with Crippen LogP contribution in [0, 0.1) is 13.8 Å². The Kier molecular flexibility index (Phi) is 5.43. The third-order valence-corrected chi connectivity index (χ3v) is 5.00. The van der Waals surface area contributed by atoms with E-state index in [4.69, 9.17) is 0 Å². The number of carbonyl (C=O) groups is 1. The number of hydrogen-bond acceptors (Lipinski definition) is 2. The van der Waals surface area contributed by atoms with Gasteiger partial charge in [-0.2, -0.15) is 18.3 Å². The zero-order valence-electron chi connectivity index (χ0n) is 15.4. The minimum atomic E-state index is -4.39. The average Bonchev–Trinajstić information content (AvgIpc) is 2.81. The number of alkyl halides is 3. The Morgan fingerprint density at radius 3 is 2.48 bits per heavy atom. The lowest BCUT2D eigenvalue weighted by atomic mass is 9.99. The monoisotopic (exact) mass is 380 g/mol. The molecule has 1 saturated heterocycles. The summed E-state index contributed by atoms with van der Waals surface area (Å²) in [6.07, 6.45) is -0.613. The summed E-state index contributed by atoms with van der Waals surface area (Å²) in [4.78, 5) is 14.7. The molecule has 146 valence electrons. The predicted octanol–water partition coefficient (Wildman–Crippen LogP) is 5.19. The lowest BCUT2D eigenvalue weighted by Crippen LogP contribution is -2.38. The van der Waals surface area contributed by atoms with Crippen LogP contribution < -0.4 is 5.32 Å². The standard InChI is InChI=1S/C19H23F3N4O/c1-12-17(13(2)25-24-12)16-6-4-3-5-11-26(16)18(27)23-15-9-7-14(8-10-15)19(20,21)22/h7-10,16H,3-6,11H2,1-2H3,(H,23,27)(H,24,25)/t16-/m1/s1. The van der Waals surface area contributed by atoms with Crippen molar-refractivity contribution in [3.63, 3.8) is 0 Å². The molecule has 0 unspecified atom stereocenters. The first kappa shape index (κ1) is 19.3. The van der Waals surface area contributed by atoms with Crippen LogP contribution in [0.4, 0.5) is 23.7 Å². The number of aryl methyl sites for hydroxylation is 2. The number of urea groups is 1. The first-order valence-corrected chi connectivity index (χ1v) is 9.03. The molecule has 8 heteroatoms. The summed E-state index contributed by atoms with van der Waals surface area (Å²) < 4.78 is 38.1. The van der Waals surface area contributed by atoms with Crippen molar-refractivity contribution < 1.29 is 18.0 Å². The maximum absolute atomic E-state index is 12.9. The van der Waals surface area contributed by atoms with Crippen molar-refractivity contribution in [2.75, 3.05) is 11.9 Å². The minimum Gasteiger partial charge on any atom is -0.317 e.